The van der Waals surface area contributed by atoms with Crippen LogP contribution in [0.5, 0.6) is 0 Å². The Balaban J connectivity index is 1.54. The number of halogens is 1. The number of nitrogens with zero attached hydrogens (tertiary/aromatic N) is 2. The average Bonchev–Trinajstić information content (AvgIpc) is 3.13. The summed E-state index contributed by atoms with van der Waals surface area (Å²) in [6.45, 7) is 0.913. The predicted octanol–water partition coefficient (Wildman–Crippen LogP) is 2.05. The molecule has 2 aliphatic rings. The Morgan fingerprint density at radius 2 is 2.09 bits per heavy atom. The van der Waals surface area contributed by atoms with E-state index in [2.05, 4.69) is 0 Å². The van der Waals surface area contributed by atoms with Crippen LogP contribution in [0.25, 0.3) is 0 Å². The molecule has 0 saturated carbocycles. The summed E-state index contributed by atoms with van der Waals surface area (Å²) in [7, 11) is 0. The van der Waals surface area contributed by atoms with Gasteiger partial charge in [0.25, 0.3) is 5.24 Å². The number of rotatable bonds is 4. The summed E-state index contributed by atoms with van der Waals surface area (Å²) in [5.41, 5.74) is 0.526. The molecule has 3 amide bonds. The first-order chi connectivity index (χ1) is 11.1. The van der Waals surface area contributed by atoms with Crippen LogP contribution in [-0.4, -0.2) is 51.7 Å². The van der Waals surface area contributed by atoms with Gasteiger partial charge < -0.3 is 4.90 Å². The van der Waals surface area contributed by atoms with E-state index in [9.17, 15) is 18.8 Å². The molecular formula is C16H17FN2O3S. The first-order valence-electron chi connectivity index (χ1n) is 7.56. The number of carbonyl (C=O) groups is 3. The van der Waals surface area contributed by atoms with Gasteiger partial charge in [0.2, 0.25) is 11.8 Å². The number of likely N-dealkylation sites (tertiary alicyclic amines) is 1. The lowest BCUT2D eigenvalue weighted by atomic mass is 10.1. The molecule has 2 fully saturated rings. The van der Waals surface area contributed by atoms with E-state index in [0.29, 0.717) is 31.5 Å². The van der Waals surface area contributed by atoms with Gasteiger partial charge in [0.1, 0.15) is 5.82 Å². The molecule has 1 aromatic carbocycles. The lowest BCUT2D eigenvalue weighted by Crippen LogP contribution is -2.41. The third-order valence-corrected chi connectivity index (χ3v) is 5.07. The fourth-order valence-electron chi connectivity index (χ4n) is 3.00. The summed E-state index contributed by atoms with van der Waals surface area (Å²) >= 11 is 1.01. The Bertz CT molecular complexity index is 636. The van der Waals surface area contributed by atoms with Crippen molar-refractivity contribution in [3.8, 4) is 0 Å². The molecule has 0 N–H and O–H groups in total. The minimum atomic E-state index is -0.301. The number of imide groups is 1. The SMILES string of the molecule is O=C(CCc1ccccc1F)N1CC[C@@H](N2C(=O)CSC2=O)C1. The quantitative estimate of drug-likeness (QED) is 0.844. The Hall–Kier alpha value is -1.89. The normalized spacial score (nSPS) is 21.3. The van der Waals surface area contributed by atoms with Gasteiger partial charge in [-0.2, -0.15) is 0 Å². The molecule has 0 radical (unpaired) electrons. The van der Waals surface area contributed by atoms with E-state index in [1.807, 2.05) is 0 Å². The zero-order valence-corrected chi connectivity index (χ0v) is 13.4. The van der Waals surface area contributed by atoms with Crippen molar-refractivity contribution in [2.45, 2.75) is 25.3 Å². The van der Waals surface area contributed by atoms with Crippen molar-refractivity contribution >= 4 is 28.8 Å². The summed E-state index contributed by atoms with van der Waals surface area (Å²) in [6.07, 6.45) is 1.19. The van der Waals surface area contributed by atoms with Crippen molar-refractivity contribution in [1.82, 2.24) is 9.80 Å². The third-order valence-electron chi connectivity index (χ3n) is 4.23. The number of hydrogen-bond acceptors (Lipinski definition) is 4. The minimum absolute atomic E-state index is 0.0671. The molecule has 1 atom stereocenters. The first kappa shape index (κ1) is 16.0. The highest BCUT2D eigenvalue weighted by Gasteiger charge is 2.40. The number of aryl methyl sites for hydroxylation is 1. The number of hydrogen-bond donors (Lipinski definition) is 0. The summed E-state index contributed by atoms with van der Waals surface area (Å²) in [6, 6.07) is 6.20. The van der Waals surface area contributed by atoms with Gasteiger partial charge in [0.05, 0.1) is 11.8 Å². The average molecular weight is 336 g/mol. The highest BCUT2D eigenvalue weighted by Crippen LogP contribution is 2.26. The molecule has 2 aliphatic heterocycles. The van der Waals surface area contributed by atoms with Crippen LogP contribution >= 0.6 is 11.8 Å². The predicted molar refractivity (Wildman–Crippen MR) is 84.4 cm³/mol. The van der Waals surface area contributed by atoms with Crippen LogP contribution in [0.3, 0.4) is 0 Å². The first-order valence-corrected chi connectivity index (χ1v) is 8.55. The number of amides is 3. The maximum atomic E-state index is 13.6. The van der Waals surface area contributed by atoms with Crippen molar-refractivity contribution in [2.75, 3.05) is 18.8 Å². The Morgan fingerprint density at radius 1 is 1.30 bits per heavy atom. The van der Waals surface area contributed by atoms with Crippen LogP contribution in [0.4, 0.5) is 9.18 Å². The lowest BCUT2D eigenvalue weighted by molar-refractivity contribution is -0.131. The molecule has 0 bridgehead atoms. The summed E-state index contributed by atoms with van der Waals surface area (Å²) in [5.74, 6) is -0.352. The highest BCUT2D eigenvalue weighted by atomic mass is 32.2. The summed E-state index contributed by atoms with van der Waals surface area (Å²) in [5, 5.41) is -0.222. The van der Waals surface area contributed by atoms with Crippen LogP contribution < -0.4 is 0 Å². The van der Waals surface area contributed by atoms with Gasteiger partial charge in [0.15, 0.2) is 0 Å². The van der Waals surface area contributed by atoms with E-state index in [0.717, 1.165) is 11.8 Å². The van der Waals surface area contributed by atoms with E-state index in [1.165, 1.54) is 11.0 Å². The smallest absolute Gasteiger partial charge is 0.289 e. The van der Waals surface area contributed by atoms with Crippen LogP contribution in [0.15, 0.2) is 24.3 Å². The van der Waals surface area contributed by atoms with Crippen LogP contribution in [0, 0.1) is 5.82 Å². The van der Waals surface area contributed by atoms with Crippen LogP contribution in [0.2, 0.25) is 0 Å². The van der Waals surface area contributed by atoms with Crippen molar-refractivity contribution in [2.24, 2.45) is 0 Å². The summed E-state index contributed by atoms with van der Waals surface area (Å²) in [4.78, 5) is 38.7. The van der Waals surface area contributed by atoms with E-state index < -0.39 is 0 Å². The Labute approximate surface area is 137 Å². The van der Waals surface area contributed by atoms with E-state index in [1.54, 1.807) is 23.1 Å². The number of thioether (sulfide) groups is 1. The van der Waals surface area contributed by atoms with E-state index in [-0.39, 0.29) is 41.1 Å². The molecule has 2 saturated heterocycles. The molecule has 5 nitrogen and oxygen atoms in total. The van der Waals surface area contributed by atoms with Gasteiger partial charge in [-0.25, -0.2) is 4.39 Å². The van der Waals surface area contributed by atoms with Crippen LogP contribution in [-0.2, 0) is 16.0 Å². The van der Waals surface area contributed by atoms with Gasteiger partial charge in [-0.15, -0.1) is 0 Å². The second-order valence-corrected chi connectivity index (χ2v) is 6.62. The molecule has 0 unspecified atom stereocenters. The molecular weight excluding hydrogens is 319 g/mol. The molecule has 23 heavy (non-hydrogen) atoms. The van der Waals surface area contributed by atoms with Crippen molar-refractivity contribution < 1.29 is 18.8 Å². The topological polar surface area (TPSA) is 57.7 Å². The van der Waals surface area contributed by atoms with Crippen molar-refractivity contribution in [3.05, 3.63) is 35.6 Å². The fraction of sp³-hybridized carbons (Fsp3) is 0.438. The largest absolute Gasteiger partial charge is 0.341 e. The summed E-state index contributed by atoms with van der Waals surface area (Å²) < 4.78 is 13.6. The Morgan fingerprint density at radius 3 is 2.78 bits per heavy atom. The maximum absolute atomic E-state index is 13.6. The zero-order chi connectivity index (χ0) is 16.4. The lowest BCUT2D eigenvalue weighted by Gasteiger charge is -2.22. The second kappa shape index (κ2) is 6.70. The van der Waals surface area contributed by atoms with Gasteiger partial charge in [-0.3, -0.25) is 19.3 Å². The van der Waals surface area contributed by atoms with Gasteiger partial charge >= 0.3 is 0 Å². The second-order valence-electron chi connectivity index (χ2n) is 5.69. The molecule has 7 heteroatoms. The van der Waals surface area contributed by atoms with Gasteiger partial charge in [-0.1, -0.05) is 30.0 Å². The van der Waals surface area contributed by atoms with Crippen molar-refractivity contribution in [3.63, 3.8) is 0 Å². The molecule has 122 valence electrons. The van der Waals surface area contributed by atoms with Gasteiger partial charge in [0, 0.05) is 19.5 Å². The third kappa shape index (κ3) is 3.39. The maximum Gasteiger partial charge on any atom is 0.289 e. The number of benzene rings is 1. The highest BCUT2D eigenvalue weighted by molar-refractivity contribution is 8.14. The van der Waals surface area contributed by atoms with Crippen molar-refractivity contribution in [1.29, 1.82) is 0 Å². The molecule has 1 aromatic rings. The number of carbonyl (C=O) groups excluding carboxylic acids is 3. The van der Waals surface area contributed by atoms with E-state index in [4.69, 9.17) is 0 Å². The molecule has 0 spiro atoms. The monoisotopic (exact) mass is 336 g/mol. The fourth-order valence-corrected chi connectivity index (χ4v) is 3.77. The standard InChI is InChI=1S/C16H17FN2O3S/c17-13-4-2-1-3-11(13)5-6-14(20)18-8-7-12(9-18)19-15(21)10-23-16(19)22/h1-4,12H,5-10H2/t12-/m1/s1. The molecule has 0 aliphatic carbocycles. The minimum Gasteiger partial charge on any atom is -0.341 e. The Kier molecular flexibility index (Phi) is 4.66. The van der Waals surface area contributed by atoms with Gasteiger partial charge in [-0.05, 0) is 24.5 Å². The molecule has 0 aromatic heterocycles. The zero-order valence-electron chi connectivity index (χ0n) is 12.5. The van der Waals surface area contributed by atoms with E-state index >= 15 is 0 Å². The molecule has 2 heterocycles. The molecule has 3 rings (SSSR count). The van der Waals surface area contributed by atoms with Crippen LogP contribution in [0.1, 0.15) is 18.4 Å².